The lowest BCUT2D eigenvalue weighted by Crippen LogP contribution is -2.96. The van der Waals surface area contributed by atoms with Crippen LogP contribution in [-0.2, 0) is 4.74 Å². The van der Waals surface area contributed by atoms with Crippen molar-refractivity contribution in [3.05, 3.63) is 0 Å². The fourth-order valence-corrected chi connectivity index (χ4v) is 0.904. The summed E-state index contributed by atoms with van der Waals surface area (Å²) < 4.78 is 5.49. The van der Waals surface area contributed by atoms with Gasteiger partial charge in [0.2, 0.25) is 0 Å². The summed E-state index contributed by atoms with van der Waals surface area (Å²) in [6.07, 6.45) is -0.381. The Balaban J connectivity index is 3.62. The highest BCUT2D eigenvalue weighted by molar-refractivity contribution is 4.62. The molecule has 0 spiro atoms. The first-order chi connectivity index (χ1) is 6.10. The monoisotopic (exact) mass is 204 g/mol. The van der Waals surface area contributed by atoms with Gasteiger partial charge in [0, 0.05) is 0 Å². The van der Waals surface area contributed by atoms with E-state index in [0.29, 0.717) is 13.2 Å². The van der Waals surface area contributed by atoms with E-state index in [4.69, 9.17) is 4.74 Å². The molecule has 3 heteroatoms. The summed E-state index contributed by atoms with van der Waals surface area (Å²) in [7, 11) is 0. The highest BCUT2D eigenvalue weighted by Crippen LogP contribution is 2.06. The average Bonchev–Trinajstić information content (AvgIpc) is 1.94. The van der Waals surface area contributed by atoms with E-state index in [1.54, 1.807) is 0 Å². The summed E-state index contributed by atoms with van der Waals surface area (Å²) in [6.45, 7) is 13.5. The molecule has 0 bridgehead atoms. The summed E-state index contributed by atoms with van der Waals surface area (Å²) in [5.74, 6) is 0. The van der Waals surface area contributed by atoms with Gasteiger partial charge < -0.3 is 15.2 Å². The number of aliphatic hydroxyl groups excluding tert-OH is 1. The number of aliphatic hydroxyl groups is 1. The van der Waals surface area contributed by atoms with Crippen LogP contribution in [0.15, 0.2) is 0 Å². The van der Waals surface area contributed by atoms with E-state index in [-0.39, 0.29) is 17.2 Å². The van der Waals surface area contributed by atoms with E-state index in [0.717, 1.165) is 0 Å². The Morgan fingerprint density at radius 3 is 2.00 bits per heavy atom. The van der Waals surface area contributed by atoms with Crippen LogP contribution in [0.25, 0.3) is 0 Å². The van der Waals surface area contributed by atoms with E-state index in [2.05, 4.69) is 26.1 Å². The van der Waals surface area contributed by atoms with Crippen LogP contribution in [0, 0.1) is 0 Å². The molecule has 14 heavy (non-hydrogen) atoms. The molecule has 0 amide bonds. The maximum atomic E-state index is 9.62. The molecule has 86 valence electrons. The summed E-state index contributed by atoms with van der Waals surface area (Å²) in [5.41, 5.74) is 0.00538. The third kappa shape index (κ3) is 9.96. The number of ether oxygens (including phenoxy) is 1. The van der Waals surface area contributed by atoms with Crippen molar-refractivity contribution < 1.29 is 15.2 Å². The first-order valence-electron chi connectivity index (χ1n) is 5.26. The molecule has 0 aliphatic heterocycles. The maximum absolute atomic E-state index is 9.62. The number of rotatable bonds is 4. The van der Waals surface area contributed by atoms with Gasteiger partial charge in [-0.05, 0) is 41.5 Å². The quantitative estimate of drug-likeness (QED) is 0.701. The van der Waals surface area contributed by atoms with Gasteiger partial charge in [-0.1, -0.05) is 0 Å². The Morgan fingerprint density at radius 2 is 1.64 bits per heavy atom. The molecular formula is C11H26NO2+. The van der Waals surface area contributed by atoms with Gasteiger partial charge in [0.15, 0.2) is 0 Å². The number of nitrogens with two attached hydrogens (primary N) is 1. The van der Waals surface area contributed by atoms with Gasteiger partial charge in [0.25, 0.3) is 0 Å². The van der Waals surface area contributed by atoms with Gasteiger partial charge in [-0.25, -0.2) is 0 Å². The molecule has 0 unspecified atom stereocenters. The third-order valence-corrected chi connectivity index (χ3v) is 1.71. The molecule has 0 rings (SSSR count). The van der Waals surface area contributed by atoms with E-state index < -0.39 is 0 Å². The zero-order valence-corrected chi connectivity index (χ0v) is 10.4. The SMILES string of the molecule is CC(C)(C)[NH2+]C[C@@H](O)COC(C)(C)C. The van der Waals surface area contributed by atoms with E-state index in [1.807, 2.05) is 20.8 Å². The van der Waals surface area contributed by atoms with E-state index in [9.17, 15) is 5.11 Å². The van der Waals surface area contributed by atoms with Crippen LogP contribution in [0.5, 0.6) is 0 Å². The Kier molecular flexibility index (Phi) is 5.06. The highest BCUT2D eigenvalue weighted by atomic mass is 16.5. The zero-order chi connectivity index (χ0) is 11.4. The number of hydrogen-bond donors (Lipinski definition) is 2. The molecule has 0 radical (unpaired) electrons. The molecule has 3 nitrogen and oxygen atoms in total. The van der Waals surface area contributed by atoms with Crippen molar-refractivity contribution in [3.63, 3.8) is 0 Å². The van der Waals surface area contributed by atoms with Crippen LogP contribution in [0.3, 0.4) is 0 Å². The van der Waals surface area contributed by atoms with Gasteiger partial charge in [0.1, 0.15) is 12.6 Å². The molecule has 0 saturated carbocycles. The van der Waals surface area contributed by atoms with Crippen molar-refractivity contribution in [1.29, 1.82) is 0 Å². The van der Waals surface area contributed by atoms with E-state index in [1.165, 1.54) is 0 Å². The molecular weight excluding hydrogens is 178 g/mol. The molecule has 0 aromatic carbocycles. The lowest BCUT2D eigenvalue weighted by Gasteiger charge is -2.23. The highest BCUT2D eigenvalue weighted by Gasteiger charge is 2.18. The van der Waals surface area contributed by atoms with Crippen LogP contribution < -0.4 is 5.32 Å². The van der Waals surface area contributed by atoms with Crippen LogP contribution in [0.2, 0.25) is 0 Å². The molecule has 0 aliphatic carbocycles. The smallest absolute Gasteiger partial charge is 0.126 e. The van der Waals surface area contributed by atoms with Crippen molar-refractivity contribution >= 4 is 0 Å². The van der Waals surface area contributed by atoms with Gasteiger partial charge >= 0.3 is 0 Å². The Bertz CT molecular complexity index is 138. The lowest BCUT2D eigenvalue weighted by molar-refractivity contribution is -0.722. The predicted octanol–water partition coefficient (Wildman–Crippen LogP) is 0.524. The molecule has 0 aliphatic rings. The maximum Gasteiger partial charge on any atom is 0.126 e. The minimum atomic E-state index is -0.381. The standard InChI is InChI=1S/C11H25NO2/c1-10(2,3)12-7-9(13)8-14-11(4,5)6/h9,12-13H,7-8H2,1-6H3/p+1/t9-/m1/s1. The van der Waals surface area contributed by atoms with Gasteiger partial charge in [-0.3, -0.25) is 0 Å². The second-order valence-electron chi connectivity index (χ2n) is 5.88. The first kappa shape index (κ1) is 13.9. The number of quaternary nitrogens is 1. The first-order valence-corrected chi connectivity index (χ1v) is 5.26. The number of hydrogen-bond acceptors (Lipinski definition) is 2. The zero-order valence-electron chi connectivity index (χ0n) is 10.4. The van der Waals surface area contributed by atoms with Crippen molar-refractivity contribution in [2.75, 3.05) is 13.2 Å². The molecule has 3 N–H and O–H groups in total. The van der Waals surface area contributed by atoms with Crippen LogP contribution >= 0.6 is 0 Å². The molecule has 1 atom stereocenters. The summed E-state index contributed by atoms with van der Waals surface area (Å²) in [4.78, 5) is 0. The minimum Gasteiger partial charge on any atom is -0.385 e. The molecule has 0 heterocycles. The molecule has 0 fully saturated rings. The van der Waals surface area contributed by atoms with Crippen molar-refractivity contribution in [2.45, 2.75) is 58.8 Å². The third-order valence-electron chi connectivity index (χ3n) is 1.71. The summed E-state index contributed by atoms with van der Waals surface area (Å²) in [5, 5.41) is 11.7. The fourth-order valence-electron chi connectivity index (χ4n) is 0.904. The van der Waals surface area contributed by atoms with E-state index >= 15 is 0 Å². The van der Waals surface area contributed by atoms with Crippen LogP contribution in [0.4, 0.5) is 0 Å². The topological polar surface area (TPSA) is 46.1 Å². The largest absolute Gasteiger partial charge is 0.385 e. The molecule has 0 saturated heterocycles. The predicted molar refractivity (Wildman–Crippen MR) is 58.3 cm³/mol. The van der Waals surface area contributed by atoms with Crippen LogP contribution in [0.1, 0.15) is 41.5 Å². The van der Waals surface area contributed by atoms with Gasteiger partial charge in [-0.15, -0.1) is 0 Å². The Labute approximate surface area is 87.8 Å². The Hall–Kier alpha value is -0.120. The molecule has 0 aromatic rings. The average molecular weight is 204 g/mol. The van der Waals surface area contributed by atoms with Crippen molar-refractivity contribution in [1.82, 2.24) is 0 Å². The summed E-state index contributed by atoms with van der Waals surface area (Å²) in [6, 6.07) is 0. The van der Waals surface area contributed by atoms with Crippen LogP contribution in [-0.4, -0.2) is 35.5 Å². The van der Waals surface area contributed by atoms with Gasteiger partial charge in [0.05, 0.1) is 17.7 Å². The fraction of sp³-hybridized carbons (Fsp3) is 1.00. The van der Waals surface area contributed by atoms with Gasteiger partial charge in [-0.2, -0.15) is 0 Å². The second-order valence-corrected chi connectivity index (χ2v) is 5.88. The lowest BCUT2D eigenvalue weighted by atomic mass is 10.1. The Morgan fingerprint density at radius 1 is 1.14 bits per heavy atom. The van der Waals surface area contributed by atoms with Crippen molar-refractivity contribution in [2.24, 2.45) is 0 Å². The normalized spacial score (nSPS) is 15.6. The molecule has 0 aromatic heterocycles. The second kappa shape index (κ2) is 5.10. The minimum absolute atomic E-state index is 0.164. The summed E-state index contributed by atoms with van der Waals surface area (Å²) >= 11 is 0. The van der Waals surface area contributed by atoms with Crippen molar-refractivity contribution in [3.8, 4) is 0 Å².